The van der Waals surface area contributed by atoms with Crippen LogP contribution in [0, 0.1) is 12.3 Å². The highest BCUT2D eigenvalue weighted by Gasteiger charge is 2.44. The molecule has 2 aliphatic heterocycles. The fourth-order valence-electron chi connectivity index (χ4n) is 7.71. The molecular weight excluding hydrogens is 753 g/mol. The first kappa shape index (κ1) is 42.7. The number of aryl methyl sites for hydroxylation is 1. The van der Waals surface area contributed by atoms with Crippen molar-refractivity contribution < 1.29 is 29.0 Å². The number of nitrogens with one attached hydrogen (secondary N) is 2. The van der Waals surface area contributed by atoms with Gasteiger partial charge in [-0.3, -0.25) is 24.1 Å². The topological polar surface area (TPSA) is 144 Å². The fraction of sp³-hybridized carbons (Fsp3) is 0.444. The van der Waals surface area contributed by atoms with Crippen molar-refractivity contribution in [3.63, 3.8) is 0 Å². The van der Waals surface area contributed by atoms with Gasteiger partial charge in [-0.2, -0.15) is 0 Å². The number of piperazine rings is 1. The van der Waals surface area contributed by atoms with Crippen LogP contribution in [0.4, 0.5) is 0 Å². The first-order valence-corrected chi connectivity index (χ1v) is 21.0. The average Bonchev–Trinajstić information content (AvgIpc) is 3.84. The van der Waals surface area contributed by atoms with E-state index in [1.54, 1.807) is 11.3 Å². The van der Waals surface area contributed by atoms with E-state index in [0.717, 1.165) is 34.8 Å². The van der Waals surface area contributed by atoms with Crippen molar-refractivity contribution >= 4 is 35.0 Å². The zero-order valence-electron chi connectivity index (χ0n) is 33.9. The minimum Gasteiger partial charge on any atom is -0.391 e. The number of β-amino-alcohol motifs (C(OH)–C–C–N with tert-alkyl or cyclic N) is 1. The summed E-state index contributed by atoms with van der Waals surface area (Å²) < 4.78 is 5.72. The van der Waals surface area contributed by atoms with Gasteiger partial charge in [0.15, 0.2) is 0 Å². The van der Waals surface area contributed by atoms with E-state index in [-0.39, 0.29) is 69.3 Å². The van der Waals surface area contributed by atoms with Gasteiger partial charge in [-0.15, -0.1) is 11.3 Å². The van der Waals surface area contributed by atoms with Crippen LogP contribution < -0.4 is 10.6 Å². The van der Waals surface area contributed by atoms with Gasteiger partial charge in [0.1, 0.15) is 12.1 Å². The standard InChI is InChI=1S/C45H56N6O6S/c1-31-41(58-30-47-31)35-17-15-32(16-18-35)28-46-43(55)37-27-36(52)29-51(37)44(56)42(45(2,3)4)48-38(53)19-25-57-26-20-39(54)49-21-23-50(24-22-49)40(33-11-7-5-8-12-33)34-13-9-6-10-14-34/h5-18,30,36-37,40,42,52H,19-29H2,1-4H3,(H,46,55)(H,48,53)/t36-,37-,42+/m0/s1. The van der Waals surface area contributed by atoms with Gasteiger partial charge in [0.2, 0.25) is 23.6 Å². The first-order chi connectivity index (χ1) is 27.9. The maximum Gasteiger partial charge on any atom is 0.246 e. The first-order valence-electron chi connectivity index (χ1n) is 20.1. The van der Waals surface area contributed by atoms with E-state index in [9.17, 15) is 24.3 Å². The van der Waals surface area contributed by atoms with Crippen LogP contribution in [0.3, 0.4) is 0 Å². The number of rotatable bonds is 15. The number of hydrogen-bond donors (Lipinski definition) is 3. The lowest BCUT2D eigenvalue weighted by Crippen LogP contribution is -2.57. The predicted octanol–water partition coefficient (Wildman–Crippen LogP) is 4.96. The van der Waals surface area contributed by atoms with Crippen LogP contribution in [0.25, 0.3) is 10.4 Å². The zero-order valence-corrected chi connectivity index (χ0v) is 34.7. The van der Waals surface area contributed by atoms with Gasteiger partial charge in [-0.25, -0.2) is 4.98 Å². The molecule has 3 N–H and O–H groups in total. The van der Waals surface area contributed by atoms with Gasteiger partial charge >= 0.3 is 0 Å². The van der Waals surface area contributed by atoms with Crippen molar-refractivity contribution in [2.75, 3.05) is 45.9 Å². The van der Waals surface area contributed by atoms with Crippen LogP contribution in [-0.4, -0.2) is 113 Å². The third-order valence-corrected chi connectivity index (χ3v) is 11.9. The Bertz CT molecular complexity index is 1940. The van der Waals surface area contributed by atoms with E-state index in [4.69, 9.17) is 4.74 Å². The molecule has 308 valence electrons. The number of aliphatic hydroxyl groups is 1. The lowest BCUT2D eigenvalue weighted by Gasteiger charge is -2.39. The normalized spacial score (nSPS) is 18.0. The van der Waals surface area contributed by atoms with E-state index in [0.29, 0.717) is 13.1 Å². The number of carbonyl (C=O) groups excluding carboxylic acids is 4. The molecule has 2 saturated heterocycles. The summed E-state index contributed by atoms with van der Waals surface area (Å²) in [5, 5.41) is 16.4. The SMILES string of the molecule is Cc1ncsc1-c1ccc(CNC(=O)[C@@H]2C[C@H](O)CN2C(=O)[C@@H](NC(=O)CCOCCC(=O)N2CCN(C(c3ccccc3)c3ccccc3)CC2)C(C)(C)C)cc1. The molecule has 6 rings (SSSR count). The van der Waals surface area contributed by atoms with Crippen molar-refractivity contribution in [3.05, 3.63) is 113 Å². The van der Waals surface area contributed by atoms with E-state index in [1.165, 1.54) is 16.0 Å². The molecule has 2 fully saturated rings. The molecule has 3 aromatic carbocycles. The second kappa shape index (κ2) is 19.7. The molecule has 3 atom stereocenters. The molecule has 4 aromatic rings. The summed E-state index contributed by atoms with van der Waals surface area (Å²) in [5.41, 5.74) is 6.51. The summed E-state index contributed by atoms with van der Waals surface area (Å²) in [7, 11) is 0. The number of carbonyl (C=O) groups is 4. The summed E-state index contributed by atoms with van der Waals surface area (Å²) in [6.45, 7) is 10.8. The van der Waals surface area contributed by atoms with Gasteiger partial charge in [0.25, 0.3) is 0 Å². The van der Waals surface area contributed by atoms with Crippen molar-refractivity contribution in [1.29, 1.82) is 0 Å². The van der Waals surface area contributed by atoms with E-state index < -0.39 is 29.5 Å². The van der Waals surface area contributed by atoms with Crippen LogP contribution in [0.2, 0.25) is 0 Å². The summed E-state index contributed by atoms with van der Waals surface area (Å²) in [4.78, 5) is 64.7. The molecule has 0 unspecified atom stereocenters. The number of amides is 4. The van der Waals surface area contributed by atoms with E-state index in [2.05, 4.69) is 69.0 Å². The third kappa shape index (κ3) is 11.0. The monoisotopic (exact) mass is 808 g/mol. The molecule has 1 aromatic heterocycles. The molecule has 0 aliphatic carbocycles. The number of aliphatic hydroxyl groups excluding tert-OH is 1. The van der Waals surface area contributed by atoms with Crippen LogP contribution in [0.1, 0.15) is 68.5 Å². The molecule has 58 heavy (non-hydrogen) atoms. The number of benzene rings is 3. The highest BCUT2D eigenvalue weighted by atomic mass is 32.1. The lowest BCUT2D eigenvalue weighted by molar-refractivity contribution is -0.144. The molecule has 4 amide bonds. The Kier molecular flexibility index (Phi) is 14.5. The lowest BCUT2D eigenvalue weighted by atomic mass is 9.85. The van der Waals surface area contributed by atoms with Crippen molar-refractivity contribution in [1.82, 2.24) is 30.3 Å². The minimum absolute atomic E-state index is 0.000972. The highest BCUT2D eigenvalue weighted by molar-refractivity contribution is 7.13. The molecule has 3 heterocycles. The number of ether oxygens (including phenoxy) is 1. The van der Waals surface area contributed by atoms with Gasteiger partial charge in [0, 0.05) is 52.1 Å². The Morgan fingerprint density at radius 2 is 1.50 bits per heavy atom. The van der Waals surface area contributed by atoms with Gasteiger partial charge in [-0.1, -0.05) is 106 Å². The van der Waals surface area contributed by atoms with Crippen molar-refractivity contribution in [2.24, 2.45) is 5.41 Å². The second-order valence-corrected chi connectivity index (χ2v) is 17.1. The van der Waals surface area contributed by atoms with Crippen molar-refractivity contribution in [2.45, 2.75) is 77.7 Å². The van der Waals surface area contributed by atoms with Crippen LogP contribution in [-0.2, 0) is 30.5 Å². The fourth-order valence-corrected chi connectivity index (χ4v) is 8.52. The van der Waals surface area contributed by atoms with E-state index in [1.807, 2.05) is 74.5 Å². The Balaban J connectivity index is 0.935. The van der Waals surface area contributed by atoms with Crippen molar-refractivity contribution in [3.8, 4) is 10.4 Å². The molecule has 0 bridgehead atoms. The largest absolute Gasteiger partial charge is 0.391 e. The smallest absolute Gasteiger partial charge is 0.246 e. The summed E-state index contributed by atoms with van der Waals surface area (Å²) in [6.07, 6.45) is -0.542. The molecule has 13 heteroatoms. The van der Waals surface area contributed by atoms with Crippen LogP contribution >= 0.6 is 11.3 Å². The van der Waals surface area contributed by atoms with Gasteiger partial charge in [0.05, 0.1) is 47.9 Å². The Hall–Kier alpha value is -4.95. The maximum absolute atomic E-state index is 14.0. The predicted molar refractivity (Wildman–Crippen MR) is 225 cm³/mol. The number of aromatic nitrogens is 1. The number of hydrogen-bond acceptors (Lipinski definition) is 9. The zero-order chi connectivity index (χ0) is 41.2. The molecular formula is C45H56N6O6S. The molecule has 2 aliphatic rings. The van der Waals surface area contributed by atoms with Gasteiger partial charge < -0.3 is 30.3 Å². The number of nitrogens with zero attached hydrogens (tertiary/aromatic N) is 4. The van der Waals surface area contributed by atoms with Crippen LogP contribution in [0.5, 0.6) is 0 Å². The average molecular weight is 809 g/mol. The molecule has 0 radical (unpaired) electrons. The summed E-state index contributed by atoms with van der Waals surface area (Å²) in [5.74, 6) is -1.14. The minimum atomic E-state index is -0.938. The van der Waals surface area contributed by atoms with E-state index >= 15 is 0 Å². The molecule has 0 saturated carbocycles. The summed E-state index contributed by atoms with van der Waals surface area (Å²) >= 11 is 1.58. The number of thiazole rings is 1. The molecule has 12 nitrogen and oxygen atoms in total. The Labute approximate surface area is 345 Å². The highest BCUT2D eigenvalue weighted by Crippen LogP contribution is 2.31. The molecule has 0 spiro atoms. The number of likely N-dealkylation sites (tertiary alicyclic amines) is 1. The third-order valence-electron chi connectivity index (χ3n) is 10.9. The second-order valence-electron chi connectivity index (χ2n) is 16.2. The van der Waals surface area contributed by atoms with Crippen LogP contribution in [0.15, 0.2) is 90.4 Å². The quantitative estimate of drug-likeness (QED) is 0.143. The maximum atomic E-state index is 14.0. The Morgan fingerprint density at radius 1 is 0.879 bits per heavy atom. The van der Waals surface area contributed by atoms with Gasteiger partial charge in [-0.05, 0) is 34.6 Å². The Morgan fingerprint density at radius 3 is 2.09 bits per heavy atom. The summed E-state index contributed by atoms with van der Waals surface area (Å²) in [6, 6.07) is 27.1.